The van der Waals surface area contributed by atoms with Crippen LogP contribution in [0, 0.1) is 6.92 Å². The molecular formula is C22H27N3O7S. The van der Waals surface area contributed by atoms with Crippen molar-refractivity contribution in [3.05, 3.63) is 35.2 Å². The zero-order valence-electron chi connectivity index (χ0n) is 18.8. The summed E-state index contributed by atoms with van der Waals surface area (Å²) in [7, 11) is -2.37. The summed E-state index contributed by atoms with van der Waals surface area (Å²) in [6.07, 6.45) is 4.27. The number of sulfonamides is 1. The Morgan fingerprint density at radius 2 is 1.91 bits per heavy atom. The second-order valence-electron chi connectivity index (χ2n) is 7.94. The van der Waals surface area contributed by atoms with E-state index < -0.39 is 15.8 Å². The Labute approximate surface area is 192 Å². The van der Waals surface area contributed by atoms with Crippen LogP contribution in [-0.2, 0) is 24.3 Å². The average molecular weight is 478 g/mol. The molecule has 2 fully saturated rings. The molecule has 0 bridgehead atoms. The molecule has 33 heavy (non-hydrogen) atoms. The van der Waals surface area contributed by atoms with Gasteiger partial charge >= 0.3 is 0 Å². The molecule has 2 saturated heterocycles. The number of aromatic nitrogens is 1. The fourth-order valence-corrected chi connectivity index (χ4v) is 5.62. The first-order chi connectivity index (χ1) is 15.7. The number of hydrogen-bond acceptors (Lipinski definition) is 8. The summed E-state index contributed by atoms with van der Waals surface area (Å²) >= 11 is 0. The number of carbonyl (C=O) groups excluding carboxylic acids is 1. The maximum atomic E-state index is 13.4. The first kappa shape index (κ1) is 23.4. The van der Waals surface area contributed by atoms with Gasteiger partial charge in [0.25, 0.3) is 0 Å². The van der Waals surface area contributed by atoms with E-state index in [1.165, 1.54) is 18.3 Å². The monoisotopic (exact) mass is 477 g/mol. The number of nitrogens with one attached hydrogen (secondary N) is 1. The van der Waals surface area contributed by atoms with Gasteiger partial charge in [0.2, 0.25) is 15.9 Å². The summed E-state index contributed by atoms with van der Waals surface area (Å²) in [4.78, 5) is 11.5. The molecule has 1 N–H and O–H groups in total. The lowest BCUT2D eigenvalue weighted by Crippen LogP contribution is -2.47. The quantitative estimate of drug-likeness (QED) is 0.674. The number of nitrogens with zero attached hydrogens (tertiary/aromatic N) is 2. The lowest BCUT2D eigenvalue weighted by molar-refractivity contribution is -0.179. The largest absolute Gasteiger partial charge is 0.495 e. The summed E-state index contributed by atoms with van der Waals surface area (Å²) < 4.78 is 50.3. The number of rotatable bonds is 6. The Bertz CT molecular complexity index is 1160. The van der Waals surface area contributed by atoms with Crippen molar-refractivity contribution in [3.8, 4) is 5.75 Å². The molecule has 2 aliphatic heterocycles. The lowest BCUT2D eigenvalue weighted by Gasteiger charge is -2.37. The Morgan fingerprint density at radius 3 is 2.55 bits per heavy atom. The third-order valence-electron chi connectivity index (χ3n) is 5.72. The van der Waals surface area contributed by atoms with Crippen LogP contribution < -0.4 is 10.1 Å². The van der Waals surface area contributed by atoms with Crippen molar-refractivity contribution in [2.75, 3.05) is 38.7 Å². The third-order valence-corrected chi connectivity index (χ3v) is 7.64. The molecule has 10 nitrogen and oxygen atoms in total. The van der Waals surface area contributed by atoms with Crippen LogP contribution in [0.4, 0.5) is 5.69 Å². The van der Waals surface area contributed by atoms with Crippen molar-refractivity contribution in [2.24, 2.45) is 0 Å². The number of aryl methyl sites for hydroxylation is 1. The highest BCUT2D eigenvalue weighted by Crippen LogP contribution is 2.35. The van der Waals surface area contributed by atoms with Gasteiger partial charge < -0.3 is 24.1 Å². The number of piperidine rings is 1. The van der Waals surface area contributed by atoms with Crippen LogP contribution in [0.3, 0.4) is 0 Å². The van der Waals surface area contributed by atoms with E-state index in [1.807, 2.05) is 0 Å². The van der Waals surface area contributed by atoms with Crippen molar-refractivity contribution in [3.63, 3.8) is 0 Å². The van der Waals surface area contributed by atoms with Gasteiger partial charge in [0.15, 0.2) is 11.5 Å². The van der Waals surface area contributed by atoms with E-state index >= 15 is 0 Å². The highest BCUT2D eigenvalue weighted by Gasteiger charge is 2.43. The summed E-state index contributed by atoms with van der Waals surface area (Å²) in [6.45, 7) is 4.76. The Balaban J connectivity index is 1.58. The van der Waals surface area contributed by atoms with E-state index in [-0.39, 0.29) is 16.6 Å². The molecule has 1 amide bonds. The summed E-state index contributed by atoms with van der Waals surface area (Å²) in [6, 6.07) is 4.90. The highest BCUT2D eigenvalue weighted by atomic mass is 32.2. The minimum atomic E-state index is -3.81. The van der Waals surface area contributed by atoms with Crippen LogP contribution in [0.25, 0.3) is 12.2 Å². The molecular weight excluding hydrogens is 450 g/mol. The molecule has 1 aromatic heterocycles. The van der Waals surface area contributed by atoms with Crippen LogP contribution in [0.15, 0.2) is 27.6 Å². The molecule has 2 aliphatic rings. The number of amides is 1. The zero-order valence-corrected chi connectivity index (χ0v) is 19.6. The van der Waals surface area contributed by atoms with Gasteiger partial charge in [0.05, 0.1) is 20.3 Å². The predicted molar refractivity (Wildman–Crippen MR) is 120 cm³/mol. The van der Waals surface area contributed by atoms with Crippen LogP contribution in [-0.4, -0.2) is 63.0 Å². The van der Waals surface area contributed by atoms with E-state index in [9.17, 15) is 13.2 Å². The number of anilines is 1. The zero-order chi connectivity index (χ0) is 23.6. The molecule has 0 radical (unpaired) electrons. The summed E-state index contributed by atoms with van der Waals surface area (Å²) in [5.41, 5.74) is 1.63. The number of methoxy groups -OCH3 is 1. The summed E-state index contributed by atoms with van der Waals surface area (Å²) in [5.74, 6) is -0.289. The summed E-state index contributed by atoms with van der Waals surface area (Å²) in [5, 5.41) is 6.56. The van der Waals surface area contributed by atoms with E-state index in [4.69, 9.17) is 18.7 Å². The number of carbonyl (C=O) groups is 1. The van der Waals surface area contributed by atoms with Crippen LogP contribution >= 0.6 is 0 Å². The second-order valence-corrected chi connectivity index (χ2v) is 9.85. The maximum Gasteiger partial charge on any atom is 0.246 e. The molecule has 2 aromatic rings. The molecule has 1 aromatic carbocycles. The number of hydrogen-bond donors (Lipinski definition) is 1. The van der Waals surface area contributed by atoms with Crippen LogP contribution in [0.1, 0.15) is 36.8 Å². The van der Waals surface area contributed by atoms with Crippen molar-refractivity contribution in [1.29, 1.82) is 0 Å². The van der Waals surface area contributed by atoms with Gasteiger partial charge in [-0.05, 0) is 30.7 Å². The standard InChI is InChI=1S/C22H27N3O7S/c1-15-21(23-16(2)26)19(32-24-15)7-5-17-4-6-18(29-3)20(14-17)33(27,28)25-10-8-22(9-11-25)30-12-13-31-22/h4-7,14H,8-13H2,1-3H3,(H,23,26). The Kier molecular flexibility index (Phi) is 6.57. The van der Waals surface area contributed by atoms with Crippen LogP contribution in [0.2, 0.25) is 0 Å². The fourth-order valence-electron chi connectivity index (χ4n) is 3.99. The van der Waals surface area contributed by atoms with Gasteiger partial charge in [-0.3, -0.25) is 4.79 Å². The molecule has 1 spiro atoms. The molecule has 3 heterocycles. The molecule has 178 valence electrons. The van der Waals surface area contributed by atoms with Crippen LogP contribution in [0.5, 0.6) is 5.75 Å². The van der Waals surface area contributed by atoms with Crippen molar-refractivity contribution in [2.45, 2.75) is 37.4 Å². The Hall–Kier alpha value is -2.73. The van der Waals surface area contributed by atoms with E-state index in [0.717, 1.165) is 0 Å². The van der Waals surface area contributed by atoms with E-state index in [2.05, 4.69) is 10.5 Å². The molecule has 0 atom stereocenters. The number of ether oxygens (including phenoxy) is 3. The van der Waals surface area contributed by atoms with Gasteiger partial charge in [0.1, 0.15) is 22.0 Å². The van der Waals surface area contributed by atoms with Crippen molar-refractivity contribution < 1.29 is 31.9 Å². The maximum absolute atomic E-state index is 13.4. The van der Waals surface area contributed by atoms with E-state index in [1.54, 1.807) is 37.3 Å². The Morgan fingerprint density at radius 1 is 1.21 bits per heavy atom. The third kappa shape index (κ3) is 4.81. The fraction of sp³-hybridized carbons (Fsp3) is 0.455. The predicted octanol–water partition coefficient (Wildman–Crippen LogP) is 2.65. The van der Waals surface area contributed by atoms with Crippen molar-refractivity contribution in [1.82, 2.24) is 9.46 Å². The average Bonchev–Trinajstić information content (AvgIpc) is 3.39. The van der Waals surface area contributed by atoms with E-state index in [0.29, 0.717) is 61.8 Å². The van der Waals surface area contributed by atoms with Gasteiger partial charge in [-0.15, -0.1) is 0 Å². The SMILES string of the molecule is COc1ccc(C=Cc2onc(C)c2NC(C)=O)cc1S(=O)(=O)N1CCC2(CC1)OCCO2. The van der Waals surface area contributed by atoms with Gasteiger partial charge in [0, 0.05) is 32.9 Å². The number of benzene rings is 1. The first-order valence-electron chi connectivity index (χ1n) is 10.6. The molecule has 0 unspecified atom stereocenters. The second kappa shape index (κ2) is 9.26. The lowest BCUT2D eigenvalue weighted by atomic mass is 10.1. The molecule has 11 heteroatoms. The normalized spacial score (nSPS) is 18.8. The smallest absolute Gasteiger partial charge is 0.246 e. The minimum Gasteiger partial charge on any atom is -0.495 e. The minimum absolute atomic E-state index is 0.0761. The van der Waals surface area contributed by atoms with Gasteiger partial charge in [-0.25, -0.2) is 8.42 Å². The van der Waals surface area contributed by atoms with Gasteiger partial charge in [-0.2, -0.15) is 4.31 Å². The first-order valence-corrected chi connectivity index (χ1v) is 12.1. The van der Waals surface area contributed by atoms with Crippen molar-refractivity contribution >= 4 is 33.8 Å². The molecule has 0 aliphatic carbocycles. The van der Waals surface area contributed by atoms with Gasteiger partial charge in [-0.1, -0.05) is 17.3 Å². The molecule has 4 rings (SSSR count). The topological polar surface area (TPSA) is 120 Å². The molecule has 0 saturated carbocycles. The highest BCUT2D eigenvalue weighted by molar-refractivity contribution is 7.89.